The number of amidine groups is 1. The van der Waals surface area contributed by atoms with Crippen molar-refractivity contribution in [3.05, 3.63) is 94.6 Å². The number of carbonyl (C=O) groups is 1. The molecule has 1 aliphatic heterocycles. The van der Waals surface area contributed by atoms with Crippen LogP contribution in [-0.2, 0) is 11.4 Å². The van der Waals surface area contributed by atoms with Gasteiger partial charge < -0.3 is 9.47 Å². The molecular formula is C32H33FN2O3S. The predicted molar refractivity (Wildman–Crippen MR) is 156 cm³/mol. The molecule has 1 saturated heterocycles. The Balaban J connectivity index is 1.42. The second kappa shape index (κ2) is 12.5. The Kier molecular flexibility index (Phi) is 8.67. The molecule has 1 aliphatic carbocycles. The molecule has 0 spiro atoms. The highest BCUT2D eigenvalue weighted by Gasteiger charge is 2.41. The normalized spacial score (nSPS) is 21.5. The first-order valence-corrected chi connectivity index (χ1v) is 14.3. The van der Waals surface area contributed by atoms with Crippen molar-refractivity contribution in [3.8, 4) is 11.5 Å². The molecule has 3 aromatic rings. The van der Waals surface area contributed by atoms with E-state index in [1.165, 1.54) is 30.3 Å². The number of nitrogens with zero attached hydrogens (tertiary/aromatic N) is 2. The molecule has 202 valence electrons. The van der Waals surface area contributed by atoms with Crippen molar-refractivity contribution in [1.29, 1.82) is 0 Å². The van der Waals surface area contributed by atoms with Crippen LogP contribution in [0, 0.1) is 11.7 Å². The van der Waals surface area contributed by atoms with Crippen molar-refractivity contribution in [2.45, 2.75) is 52.2 Å². The summed E-state index contributed by atoms with van der Waals surface area (Å²) in [5.41, 5.74) is 2.55. The van der Waals surface area contributed by atoms with E-state index in [0.717, 1.165) is 41.2 Å². The summed E-state index contributed by atoms with van der Waals surface area (Å²) < 4.78 is 25.1. The van der Waals surface area contributed by atoms with E-state index in [9.17, 15) is 9.18 Å². The molecule has 1 heterocycles. The van der Waals surface area contributed by atoms with Gasteiger partial charge in [-0.25, -0.2) is 9.38 Å². The summed E-state index contributed by atoms with van der Waals surface area (Å²) >= 11 is 1.43. The van der Waals surface area contributed by atoms with Crippen LogP contribution in [-0.4, -0.2) is 28.6 Å². The maximum atomic E-state index is 13.8. The minimum Gasteiger partial charge on any atom is -0.490 e. The van der Waals surface area contributed by atoms with E-state index in [-0.39, 0.29) is 17.8 Å². The average Bonchev–Trinajstić information content (AvgIpc) is 3.24. The van der Waals surface area contributed by atoms with Gasteiger partial charge in [-0.3, -0.25) is 9.69 Å². The highest BCUT2D eigenvalue weighted by atomic mass is 32.2. The Hall–Kier alpha value is -3.58. The third-order valence-electron chi connectivity index (χ3n) is 7.09. The fourth-order valence-corrected chi connectivity index (χ4v) is 6.09. The van der Waals surface area contributed by atoms with Gasteiger partial charge in [-0.2, -0.15) is 0 Å². The molecule has 0 aromatic heterocycles. The van der Waals surface area contributed by atoms with Crippen LogP contribution in [0.4, 0.5) is 10.1 Å². The number of benzene rings is 3. The minimum atomic E-state index is -0.279. The van der Waals surface area contributed by atoms with E-state index in [2.05, 4.69) is 6.92 Å². The van der Waals surface area contributed by atoms with Gasteiger partial charge >= 0.3 is 0 Å². The molecule has 3 aromatic carbocycles. The quantitative estimate of drug-likeness (QED) is 0.270. The summed E-state index contributed by atoms with van der Waals surface area (Å²) in [5.74, 6) is 1.34. The number of halogens is 1. The zero-order chi connectivity index (χ0) is 27.2. The third kappa shape index (κ3) is 6.53. The molecule has 5 nitrogen and oxygen atoms in total. The number of para-hydroxylation sites is 1. The number of amides is 1. The Morgan fingerprint density at radius 3 is 2.51 bits per heavy atom. The first kappa shape index (κ1) is 27.0. The van der Waals surface area contributed by atoms with Gasteiger partial charge in [-0.15, -0.1) is 0 Å². The number of thioether (sulfide) groups is 1. The van der Waals surface area contributed by atoms with Gasteiger partial charge in [0.1, 0.15) is 12.4 Å². The third-order valence-corrected chi connectivity index (χ3v) is 8.07. The molecule has 0 bridgehead atoms. The Morgan fingerprint density at radius 1 is 1.00 bits per heavy atom. The summed E-state index contributed by atoms with van der Waals surface area (Å²) in [6.45, 7) is 4.92. The highest BCUT2D eigenvalue weighted by Crippen LogP contribution is 2.40. The van der Waals surface area contributed by atoms with Gasteiger partial charge in [-0.05, 0) is 91.0 Å². The number of carbonyl (C=O) groups excluding carboxylic acids is 1. The monoisotopic (exact) mass is 544 g/mol. The van der Waals surface area contributed by atoms with Crippen molar-refractivity contribution >= 4 is 34.6 Å². The lowest BCUT2D eigenvalue weighted by Gasteiger charge is -2.35. The largest absolute Gasteiger partial charge is 0.490 e. The number of ether oxygens (including phenoxy) is 2. The van der Waals surface area contributed by atoms with E-state index in [4.69, 9.17) is 14.5 Å². The number of hydrogen-bond acceptors (Lipinski definition) is 5. The van der Waals surface area contributed by atoms with Gasteiger partial charge in [-0.1, -0.05) is 56.2 Å². The standard InChI is InChI=1S/C32H33FN2O3S/c1-3-37-29-19-24(15-18-28(29)38-21-23-13-16-25(33)17-14-23)20-30-31(36)35(27-12-8-7-9-22(27)2)32(39-30)34-26-10-5-4-6-11-26/h4-6,10-11,13-20,22,27H,3,7-9,12,21H2,1-2H3/b30-20-,34-32?/t22-,27+/m1/s1. The van der Waals surface area contributed by atoms with Gasteiger partial charge in [0.2, 0.25) is 0 Å². The fraction of sp³-hybridized carbons (Fsp3) is 0.312. The van der Waals surface area contributed by atoms with Crippen molar-refractivity contribution in [3.63, 3.8) is 0 Å². The Bertz CT molecular complexity index is 1360. The topological polar surface area (TPSA) is 51.1 Å². The van der Waals surface area contributed by atoms with Crippen molar-refractivity contribution < 1.29 is 18.7 Å². The van der Waals surface area contributed by atoms with E-state index in [1.54, 1.807) is 12.1 Å². The van der Waals surface area contributed by atoms with Crippen LogP contribution >= 0.6 is 11.8 Å². The van der Waals surface area contributed by atoms with Crippen molar-refractivity contribution in [2.75, 3.05) is 6.61 Å². The number of aliphatic imine (C=N–C) groups is 1. The maximum Gasteiger partial charge on any atom is 0.267 e. The van der Waals surface area contributed by atoms with Crippen molar-refractivity contribution in [1.82, 2.24) is 4.90 Å². The molecule has 1 saturated carbocycles. The molecule has 0 radical (unpaired) electrons. The molecule has 2 atom stereocenters. The van der Waals surface area contributed by atoms with E-state index >= 15 is 0 Å². The lowest BCUT2D eigenvalue weighted by Crippen LogP contribution is -2.44. The van der Waals surface area contributed by atoms with Crippen LogP contribution < -0.4 is 9.47 Å². The molecule has 7 heteroatoms. The van der Waals surface area contributed by atoms with E-state index in [1.807, 2.05) is 66.4 Å². The lowest BCUT2D eigenvalue weighted by molar-refractivity contribution is -0.124. The zero-order valence-corrected chi connectivity index (χ0v) is 23.1. The number of rotatable bonds is 8. The van der Waals surface area contributed by atoms with Crippen LogP contribution in [0.5, 0.6) is 11.5 Å². The highest BCUT2D eigenvalue weighted by molar-refractivity contribution is 8.18. The van der Waals surface area contributed by atoms with Crippen molar-refractivity contribution in [2.24, 2.45) is 10.9 Å². The van der Waals surface area contributed by atoms with Crippen LogP contribution in [0.15, 0.2) is 82.7 Å². The smallest absolute Gasteiger partial charge is 0.267 e. The van der Waals surface area contributed by atoms with E-state index < -0.39 is 0 Å². The van der Waals surface area contributed by atoms with Crippen LogP contribution in [0.3, 0.4) is 0 Å². The predicted octanol–water partition coefficient (Wildman–Crippen LogP) is 7.99. The Labute approximate surface area is 233 Å². The summed E-state index contributed by atoms with van der Waals surface area (Å²) in [6, 6.07) is 21.8. The molecule has 0 unspecified atom stereocenters. The molecule has 0 N–H and O–H groups in total. The van der Waals surface area contributed by atoms with Crippen LogP contribution in [0.1, 0.15) is 50.7 Å². The van der Waals surface area contributed by atoms with Gasteiger partial charge in [0.15, 0.2) is 16.7 Å². The molecule has 2 aliphatic rings. The van der Waals surface area contributed by atoms with Gasteiger partial charge in [0, 0.05) is 6.04 Å². The summed E-state index contributed by atoms with van der Waals surface area (Å²) in [4.78, 5) is 21.2. The molecule has 5 rings (SSSR count). The second-order valence-electron chi connectivity index (χ2n) is 9.90. The first-order valence-electron chi connectivity index (χ1n) is 13.5. The Morgan fingerprint density at radius 2 is 1.77 bits per heavy atom. The zero-order valence-electron chi connectivity index (χ0n) is 22.3. The lowest BCUT2D eigenvalue weighted by atomic mass is 9.85. The summed E-state index contributed by atoms with van der Waals surface area (Å²) in [5, 5.41) is 0.737. The SMILES string of the molecule is CCOc1cc(/C=C2\SC(=Nc3ccccc3)N([C@H]3CCCC[C@H]3C)C2=O)ccc1OCc1ccc(F)cc1. The molecule has 39 heavy (non-hydrogen) atoms. The first-order chi connectivity index (χ1) is 19.0. The fourth-order valence-electron chi connectivity index (χ4n) is 5.05. The van der Waals surface area contributed by atoms with Gasteiger partial charge in [0.25, 0.3) is 5.91 Å². The minimum absolute atomic E-state index is 0.00280. The molecule has 2 fully saturated rings. The molecule has 1 amide bonds. The second-order valence-corrected chi connectivity index (χ2v) is 10.9. The van der Waals surface area contributed by atoms with E-state index in [0.29, 0.717) is 35.5 Å². The average molecular weight is 545 g/mol. The summed E-state index contributed by atoms with van der Waals surface area (Å²) in [7, 11) is 0. The maximum absolute atomic E-state index is 13.8. The number of hydrogen-bond donors (Lipinski definition) is 0. The van der Waals surface area contributed by atoms with Gasteiger partial charge in [0.05, 0.1) is 17.2 Å². The summed E-state index contributed by atoms with van der Waals surface area (Å²) in [6.07, 6.45) is 6.35. The van der Waals surface area contributed by atoms with Crippen LogP contribution in [0.25, 0.3) is 6.08 Å². The molecular weight excluding hydrogens is 511 g/mol. The van der Waals surface area contributed by atoms with Crippen LogP contribution in [0.2, 0.25) is 0 Å².